The van der Waals surface area contributed by atoms with E-state index in [-0.39, 0.29) is 24.8 Å². The van der Waals surface area contributed by atoms with Gasteiger partial charge < -0.3 is 25.2 Å². The monoisotopic (exact) mass is 353 g/mol. The van der Waals surface area contributed by atoms with Crippen LogP contribution in [-0.2, 0) is 19.2 Å². The molecule has 150 valence electrons. The molecule has 0 aliphatic carbocycles. The Morgan fingerprint density at radius 1 is 0.750 bits per heavy atom. The van der Waals surface area contributed by atoms with Crippen LogP contribution in [0.15, 0.2) is 0 Å². The molecule has 0 fully saturated rings. The number of carbonyl (C=O) groups excluding carboxylic acids is 3. The second-order valence-electron chi connectivity index (χ2n) is 4.49. The number of ketones is 3. The minimum Gasteiger partial charge on any atom is -0.481 e. The minimum absolute atomic E-state index is 0. The van der Waals surface area contributed by atoms with Crippen LogP contribution >= 0.6 is 0 Å². The van der Waals surface area contributed by atoms with Crippen LogP contribution in [0.5, 0.6) is 0 Å². The molecule has 0 bridgehead atoms. The molecule has 0 rings (SSSR count). The van der Waals surface area contributed by atoms with Gasteiger partial charge in [-0.25, -0.2) is 0 Å². The number of hydrogen-bond acceptors (Lipinski definition) is 5. The van der Waals surface area contributed by atoms with E-state index in [0.717, 1.165) is 19.8 Å². The van der Waals surface area contributed by atoms with E-state index in [4.69, 9.17) is 9.90 Å². The van der Waals surface area contributed by atoms with Crippen LogP contribution in [0.4, 0.5) is 0 Å². The van der Waals surface area contributed by atoms with E-state index in [1.54, 1.807) is 6.92 Å². The summed E-state index contributed by atoms with van der Waals surface area (Å²) in [5.41, 5.74) is 4.50. The van der Waals surface area contributed by atoms with Crippen molar-refractivity contribution in [3.63, 3.8) is 0 Å². The van der Waals surface area contributed by atoms with Gasteiger partial charge in [0.15, 0.2) is 0 Å². The highest BCUT2D eigenvalue weighted by atomic mass is 16.4. The first-order valence-electron chi connectivity index (χ1n) is 7.59. The molecule has 0 heterocycles. The SMILES string of the molecule is C.CC(=O)O.CC(C)=O.CC(C)=O.CCC.CCCC(C)=O.CN. The summed E-state index contributed by atoms with van der Waals surface area (Å²) in [7, 11) is 1.50. The van der Waals surface area contributed by atoms with Gasteiger partial charge in [-0.15, -0.1) is 0 Å². The molecule has 0 radical (unpaired) electrons. The Hall–Kier alpha value is -1.56. The van der Waals surface area contributed by atoms with Gasteiger partial charge in [0.25, 0.3) is 5.97 Å². The lowest BCUT2D eigenvalue weighted by molar-refractivity contribution is -0.134. The van der Waals surface area contributed by atoms with Gasteiger partial charge in [-0.3, -0.25) is 4.79 Å². The normalized spacial score (nSPS) is 6.29. The fraction of sp³-hybridized carbons (Fsp3) is 0.778. The Balaban J connectivity index is -0.0000000295. The number of carboxylic acid groups (broad SMARTS) is 1. The van der Waals surface area contributed by atoms with Gasteiger partial charge in [-0.05, 0) is 48.1 Å². The predicted molar refractivity (Wildman–Crippen MR) is 104 cm³/mol. The number of carboxylic acids is 1. The van der Waals surface area contributed by atoms with Crippen LogP contribution < -0.4 is 5.73 Å². The van der Waals surface area contributed by atoms with Crippen molar-refractivity contribution in [3.8, 4) is 0 Å². The van der Waals surface area contributed by atoms with Crippen molar-refractivity contribution in [2.75, 3.05) is 7.05 Å². The zero-order valence-electron chi connectivity index (χ0n) is 16.8. The van der Waals surface area contributed by atoms with Gasteiger partial charge in [0.1, 0.15) is 17.3 Å². The Morgan fingerprint density at radius 3 is 0.875 bits per heavy atom. The molecule has 0 aromatic rings. The molecule has 0 aromatic carbocycles. The predicted octanol–water partition coefficient (Wildman–Crippen LogP) is 4.28. The molecule has 0 unspecified atom stereocenters. The van der Waals surface area contributed by atoms with E-state index in [1.807, 2.05) is 6.92 Å². The summed E-state index contributed by atoms with van der Waals surface area (Å²) in [6.07, 6.45) is 2.97. The maximum absolute atomic E-state index is 10.0. The fourth-order valence-electron chi connectivity index (χ4n) is 0.352. The maximum atomic E-state index is 10.0. The average molecular weight is 354 g/mol. The summed E-state index contributed by atoms with van der Waals surface area (Å²) in [6, 6.07) is 0. The van der Waals surface area contributed by atoms with Gasteiger partial charge in [0.2, 0.25) is 0 Å². The molecule has 0 aliphatic heterocycles. The molecule has 0 aromatic heterocycles. The molecule has 6 nitrogen and oxygen atoms in total. The molecule has 0 saturated heterocycles. The number of hydrogen-bond donors (Lipinski definition) is 2. The first kappa shape index (κ1) is 43.3. The molecule has 0 saturated carbocycles. The van der Waals surface area contributed by atoms with Gasteiger partial charge in [-0.2, -0.15) is 0 Å². The van der Waals surface area contributed by atoms with Crippen molar-refractivity contribution in [3.05, 3.63) is 0 Å². The second kappa shape index (κ2) is 49.6. The molecule has 0 atom stereocenters. The van der Waals surface area contributed by atoms with Gasteiger partial charge >= 0.3 is 0 Å². The Morgan fingerprint density at radius 2 is 0.875 bits per heavy atom. The molecule has 6 heteroatoms. The van der Waals surface area contributed by atoms with E-state index in [1.165, 1.54) is 41.2 Å². The van der Waals surface area contributed by atoms with Crippen LogP contribution in [0.1, 0.15) is 89.0 Å². The lowest BCUT2D eigenvalue weighted by Crippen LogP contribution is -1.84. The quantitative estimate of drug-likeness (QED) is 0.765. The third-order valence-electron chi connectivity index (χ3n) is 0.602. The minimum atomic E-state index is -0.833. The third kappa shape index (κ3) is 3730. The standard InChI is InChI=1S/C5H10O.2C3H6O.C3H8.C2H4O2.CH5N.CH4/c1-3-4-5(2)6;2*1-3(2)4;1-3-2;1-2(3)4;1-2;/h3-4H2,1-2H3;2*1-2H3;3H2,1-2H3;1H3,(H,3,4);2H2,1H3;1H4. The van der Waals surface area contributed by atoms with Crippen LogP contribution in [0.25, 0.3) is 0 Å². The summed E-state index contributed by atoms with van der Waals surface area (Å²) in [4.78, 5) is 37.9. The van der Waals surface area contributed by atoms with E-state index in [9.17, 15) is 14.4 Å². The summed E-state index contributed by atoms with van der Waals surface area (Å²) >= 11 is 0. The van der Waals surface area contributed by atoms with Crippen molar-refractivity contribution < 1.29 is 24.3 Å². The molecule has 0 amide bonds. The molecule has 0 spiro atoms. The molecule has 24 heavy (non-hydrogen) atoms. The first-order chi connectivity index (χ1) is 10.4. The Labute approximate surface area is 150 Å². The number of carbonyl (C=O) groups is 4. The zero-order valence-corrected chi connectivity index (χ0v) is 16.8. The maximum Gasteiger partial charge on any atom is 0.300 e. The van der Waals surface area contributed by atoms with Gasteiger partial charge in [-0.1, -0.05) is 34.6 Å². The Kier molecular flexibility index (Phi) is 89.4. The lowest BCUT2D eigenvalue weighted by atomic mass is 10.3. The van der Waals surface area contributed by atoms with Crippen LogP contribution in [0.2, 0.25) is 0 Å². The van der Waals surface area contributed by atoms with Crippen molar-refractivity contribution in [2.45, 2.75) is 89.0 Å². The van der Waals surface area contributed by atoms with Gasteiger partial charge in [0, 0.05) is 13.3 Å². The summed E-state index contributed by atoms with van der Waals surface area (Å²) in [6.45, 7) is 15.1. The van der Waals surface area contributed by atoms with Crippen LogP contribution in [0, 0.1) is 0 Å². The largest absolute Gasteiger partial charge is 0.481 e. The van der Waals surface area contributed by atoms with Gasteiger partial charge in [0.05, 0.1) is 0 Å². The number of aliphatic carboxylic acids is 1. The summed E-state index contributed by atoms with van der Waals surface area (Å²) in [5.74, 6) is -0.211. The third-order valence-corrected chi connectivity index (χ3v) is 0.602. The average Bonchev–Trinajstić information content (AvgIpc) is 2.29. The zero-order chi connectivity index (χ0) is 20.4. The Bertz CT molecular complexity index is 224. The van der Waals surface area contributed by atoms with E-state index < -0.39 is 5.97 Å². The van der Waals surface area contributed by atoms with Crippen LogP contribution in [-0.4, -0.2) is 35.5 Å². The molecule has 3 N–H and O–H groups in total. The van der Waals surface area contributed by atoms with E-state index >= 15 is 0 Å². The topological polar surface area (TPSA) is 115 Å². The highest BCUT2D eigenvalue weighted by molar-refractivity contribution is 5.75. The molecule has 0 aliphatic rings. The van der Waals surface area contributed by atoms with Crippen molar-refractivity contribution in [1.82, 2.24) is 0 Å². The van der Waals surface area contributed by atoms with Crippen LogP contribution in [0.3, 0.4) is 0 Å². The highest BCUT2D eigenvalue weighted by Crippen LogP contribution is 1.84. The molecular formula is C18H43NO5. The van der Waals surface area contributed by atoms with E-state index in [0.29, 0.717) is 0 Å². The number of Topliss-reactive ketones (excluding diaryl/α,β-unsaturated/α-hetero) is 3. The molecular weight excluding hydrogens is 310 g/mol. The number of nitrogens with two attached hydrogens (primary N) is 1. The summed E-state index contributed by atoms with van der Waals surface area (Å²) in [5, 5.41) is 7.42. The highest BCUT2D eigenvalue weighted by Gasteiger charge is 1.83. The second-order valence-corrected chi connectivity index (χ2v) is 4.49. The smallest absolute Gasteiger partial charge is 0.300 e. The lowest BCUT2D eigenvalue weighted by Gasteiger charge is -1.80. The number of rotatable bonds is 2. The van der Waals surface area contributed by atoms with Crippen molar-refractivity contribution in [1.29, 1.82) is 0 Å². The first-order valence-corrected chi connectivity index (χ1v) is 7.59. The van der Waals surface area contributed by atoms with Crippen molar-refractivity contribution >= 4 is 23.3 Å². The summed E-state index contributed by atoms with van der Waals surface area (Å²) < 4.78 is 0. The van der Waals surface area contributed by atoms with Crippen molar-refractivity contribution in [2.24, 2.45) is 5.73 Å². The fourth-order valence-corrected chi connectivity index (χ4v) is 0.352. The van der Waals surface area contributed by atoms with E-state index in [2.05, 4.69) is 19.6 Å².